The van der Waals surface area contributed by atoms with E-state index in [1.165, 1.54) is 12.8 Å². The molecule has 0 fully saturated rings. The van der Waals surface area contributed by atoms with E-state index in [4.69, 9.17) is 10.8 Å². The van der Waals surface area contributed by atoms with Gasteiger partial charge in [0.25, 0.3) is 0 Å². The fourth-order valence-corrected chi connectivity index (χ4v) is 1.31. The van der Waals surface area contributed by atoms with E-state index in [1.807, 2.05) is 0 Å². The Labute approximate surface area is 81.9 Å². The summed E-state index contributed by atoms with van der Waals surface area (Å²) in [5, 5.41) is 8.58. The van der Waals surface area contributed by atoms with Gasteiger partial charge in [0, 0.05) is 6.61 Å². The van der Waals surface area contributed by atoms with Gasteiger partial charge >= 0.3 is 0 Å². The molecule has 0 rings (SSSR count). The van der Waals surface area contributed by atoms with Crippen molar-refractivity contribution in [1.29, 1.82) is 0 Å². The number of hydrogen-bond donors (Lipinski definition) is 2. The van der Waals surface area contributed by atoms with Crippen molar-refractivity contribution in [3.05, 3.63) is 0 Å². The van der Waals surface area contributed by atoms with Crippen LogP contribution in [0.25, 0.3) is 0 Å². The fraction of sp³-hybridized carbons (Fsp3) is 1.00. The molecule has 0 atom stereocenters. The first kappa shape index (κ1) is 12.9. The summed E-state index contributed by atoms with van der Waals surface area (Å²) in [5.41, 5.74) is 5.41. The minimum atomic E-state index is 0.330. The number of unbranched alkanes of at least 4 members (excludes halogenated alkanes) is 3. The van der Waals surface area contributed by atoms with Crippen molar-refractivity contribution in [2.45, 2.75) is 32.1 Å². The Morgan fingerprint density at radius 3 is 2.15 bits per heavy atom. The first-order valence-electron chi connectivity index (χ1n) is 5.30. The molecule has 0 aliphatic heterocycles. The van der Waals surface area contributed by atoms with Crippen molar-refractivity contribution in [2.75, 3.05) is 33.3 Å². The summed E-state index contributed by atoms with van der Waals surface area (Å²) in [5.74, 6) is 0. The number of nitrogens with two attached hydrogens (primary N) is 1. The average molecular weight is 188 g/mol. The van der Waals surface area contributed by atoms with E-state index < -0.39 is 0 Å². The molecule has 0 saturated carbocycles. The molecule has 0 radical (unpaired) electrons. The molecule has 3 heteroatoms. The van der Waals surface area contributed by atoms with Crippen LogP contribution in [0.15, 0.2) is 0 Å². The molecule has 0 aliphatic rings. The first-order valence-corrected chi connectivity index (χ1v) is 5.30. The zero-order chi connectivity index (χ0) is 9.94. The Morgan fingerprint density at radius 2 is 1.62 bits per heavy atom. The quantitative estimate of drug-likeness (QED) is 0.527. The molecule has 0 heterocycles. The maximum atomic E-state index is 8.58. The highest BCUT2D eigenvalue weighted by atomic mass is 16.2. The van der Waals surface area contributed by atoms with Crippen LogP contribution >= 0.6 is 0 Å². The predicted octanol–water partition coefficient (Wildman–Crippen LogP) is 0.820. The van der Waals surface area contributed by atoms with Gasteiger partial charge in [-0.1, -0.05) is 0 Å². The van der Waals surface area contributed by atoms with Crippen molar-refractivity contribution < 1.29 is 5.11 Å². The van der Waals surface area contributed by atoms with Crippen LogP contribution in [0, 0.1) is 0 Å². The summed E-state index contributed by atoms with van der Waals surface area (Å²) < 4.78 is 0. The van der Waals surface area contributed by atoms with Crippen LogP contribution in [0.1, 0.15) is 32.1 Å². The van der Waals surface area contributed by atoms with Crippen molar-refractivity contribution >= 4 is 0 Å². The number of nitrogens with zero attached hydrogens (tertiary/aromatic N) is 1. The summed E-state index contributed by atoms with van der Waals surface area (Å²) in [6.07, 6.45) is 5.60. The maximum absolute atomic E-state index is 8.58. The van der Waals surface area contributed by atoms with Crippen molar-refractivity contribution in [2.24, 2.45) is 5.73 Å². The summed E-state index contributed by atoms with van der Waals surface area (Å²) in [7, 11) is 2.15. The predicted molar refractivity (Wildman–Crippen MR) is 56.7 cm³/mol. The Bertz CT molecular complexity index is 98.9. The van der Waals surface area contributed by atoms with Crippen LogP contribution in [0.2, 0.25) is 0 Å². The highest BCUT2D eigenvalue weighted by Crippen LogP contribution is 1.98. The standard InChI is InChI=1S/C10H24N2O/c1-12(9-5-3-7-11)8-4-2-6-10-13/h13H,2-11H2,1H3. The normalized spacial score (nSPS) is 11.1. The molecule has 3 N–H and O–H groups in total. The molecule has 3 nitrogen and oxygen atoms in total. The van der Waals surface area contributed by atoms with Crippen molar-refractivity contribution in [3.8, 4) is 0 Å². The second kappa shape index (κ2) is 9.96. The van der Waals surface area contributed by atoms with E-state index in [9.17, 15) is 0 Å². The molecular formula is C10H24N2O. The lowest BCUT2D eigenvalue weighted by Gasteiger charge is -2.15. The van der Waals surface area contributed by atoms with Gasteiger partial charge in [0.05, 0.1) is 0 Å². The smallest absolute Gasteiger partial charge is 0.0431 e. The molecule has 0 aromatic heterocycles. The lowest BCUT2D eigenvalue weighted by Crippen LogP contribution is -2.21. The highest BCUT2D eigenvalue weighted by molar-refractivity contribution is 4.53. The summed E-state index contributed by atoms with van der Waals surface area (Å²) in [4.78, 5) is 2.34. The summed E-state index contributed by atoms with van der Waals surface area (Å²) in [6, 6.07) is 0. The van der Waals surface area contributed by atoms with Crippen molar-refractivity contribution in [1.82, 2.24) is 4.90 Å². The minimum absolute atomic E-state index is 0.330. The lowest BCUT2D eigenvalue weighted by molar-refractivity contribution is 0.272. The van der Waals surface area contributed by atoms with E-state index in [1.54, 1.807) is 0 Å². The molecule has 0 spiro atoms. The molecule has 0 aliphatic carbocycles. The molecule has 0 bridgehead atoms. The number of aliphatic hydroxyl groups excluding tert-OH is 1. The van der Waals surface area contributed by atoms with Gasteiger partial charge in [0.2, 0.25) is 0 Å². The van der Waals surface area contributed by atoms with Crippen LogP contribution in [-0.2, 0) is 0 Å². The Kier molecular flexibility index (Phi) is 9.87. The van der Waals surface area contributed by atoms with E-state index in [0.717, 1.165) is 38.9 Å². The zero-order valence-electron chi connectivity index (χ0n) is 8.84. The first-order chi connectivity index (χ1) is 6.31. The Hall–Kier alpha value is -0.120. The van der Waals surface area contributed by atoms with Crippen LogP contribution in [0.5, 0.6) is 0 Å². The van der Waals surface area contributed by atoms with Gasteiger partial charge in [0.15, 0.2) is 0 Å². The van der Waals surface area contributed by atoms with Crippen LogP contribution < -0.4 is 5.73 Å². The average Bonchev–Trinajstić information content (AvgIpc) is 2.13. The molecule has 80 valence electrons. The van der Waals surface area contributed by atoms with Gasteiger partial charge in [0.1, 0.15) is 0 Å². The lowest BCUT2D eigenvalue weighted by atomic mass is 10.2. The van der Waals surface area contributed by atoms with E-state index in [-0.39, 0.29) is 0 Å². The van der Waals surface area contributed by atoms with Gasteiger partial charge in [-0.05, 0) is 58.8 Å². The van der Waals surface area contributed by atoms with Crippen LogP contribution in [-0.4, -0.2) is 43.3 Å². The topological polar surface area (TPSA) is 49.5 Å². The van der Waals surface area contributed by atoms with Crippen molar-refractivity contribution in [3.63, 3.8) is 0 Å². The van der Waals surface area contributed by atoms with E-state index in [2.05, 4.69) is 11.9 Å². The third-order valence-electron chi connectivity index (χ3n) is 2.19. The largest absolute Gasteiger partial charge is 0.396 e. The maximum Gasteiger partial charge on any atom is 0.0431 e. The van der Waals surface area contributed by atoms with Gasteiger partial charge in [-0.2, -0.15) is 0 Å². The molecule has 13 heavy (non-hydrogen) atoms. The van der Waals surface area contributed by atoms with E-state index >= 15 is 0 Å². The minimum Gasteiger partial charge on any atom is -0.396 e. The second-order valence-corrected chi connectivity index (χ2v) is 3.58. The number of hydrogen-bond acceptors (Lipinski definition) is 3. The second-order valence-electron chi connectivity index (χ2n) is 3.58. The van der Waals surface area contributed by atoms with Crippen LogP contribution in [0.4, 0.5) is 0 Å². The fourth-order valence-electron chi connectivity index (χ4n) is 1.31. The van der Waals surface area contributed by atoms with E-state index in [0.29, 0.717) is 6.61 Å². The molecule has 0 aromatic rings. The Balaban J connectivity index is 3.05. The van der Waals surface area contributed by atoms with Gasteiger partial charge in [-0.3, -0.25) is 0 Å². The molecule has 0 saturated heterocycles. The molecular weight excluding hydrogens is 164 g/mol. The molecule has 0 aromatic carbocycles. The zero-order valence-corrected chi connectivity index (χ0v) is 8.84. The number of rotatable bonds is 9. The molecule has 0 unspecified atom stereocenters. The van der Waals surface area contributed by atoms with Gasteiger partial charge in [-0.15, -0.1) is 0 Å². The summed E-state index contributed by atoms with van der Waals surface area (Å²) in [6.45, 7) is 3.43. The third kappa shape index (κ3) is 9.80. The summed E-state index contributed by atoms with van der Waals surface area (Å²) >= 11 is 0. The SMILES string of the molecule is CN(CCCCN)CCCCCO. The van der Waals surface area contributed by atoms with Gasteiger partial charge in [-0.25, -0.2) is 0 Å². The molecule has 0 amide bonds. The highest BCUT2D eigenvalue weighted by Gasteiger charge is 1.96. The van der Waals surface area contributed by atoms with Crippen LogP contribution in [0.3, 0.4) is 0 Å². The van der Waals surface area contributed by atoms with Gasteiger partial charge < -0.3 is 15.7 Å². The third-order valence-corrected chi connectivity index (χ3v) is 2.19. The Morgan fingerprint density at radius 1 is 1.00 bits per heavy atom. The number of aliphatic hydroxyl groups is 1. The monoisotopic (exact) mass is 188 g/mol.